The van der Waals surface area contributed by atoms with E-state index in [1.165, 1.54) is 20.1 Å². The van der Waals surface area contributed by atoms with Crippen molar-refractivity contribution >= 4 is 40.4 Å². The number of aliphatic hydroxyl groups is 4. The summed E-state index contributed by atoms with van der Waals surface area (Å²) in [5.74, 6) is -4.00. The number of cyclic esters (lactones) is 1. The highest BCUT2D eigenvalue weighted by molar-refractivity contribution is 6.32. The molecule has 6 rings (SSSR count). The summed E-state index contributed by atoms with van der Waals surface area (Å²) < 4.78 is 63.8. The van der Waals surface area contributed by atoms with Crippen molar-refractivity contribution in [1.29, 1.82) is 0 Å². The first-order valence-electron chi connectivity index (χ1n) is 28.9. The molecule has 1 aliphatic carbocycles. The Kier molecular flexibility index (Phi) is 22.7. The van der Waals surface area contributed by atoms with Crippen molar-refractivity contribution in [2.24, 2.45) is 17.8 Å². The van der Waals surface area contributed by atoms with E-state index in [2.05, 4.69) is 0 Å². The maximum absolute atomic E-state index is 14.6. The first-order valence-corrected chi connectivity index (χ1v) is 29.3. The van der Waals surface area contributed by atoms with E-state index in [1.54, 1.807) is 74.6 Å². The molecule has 0 spiro atoms. The minimum atomic E-state index is -1.87. The molecule has 0 bridgehead atoms. The average molecular weight is 1170 g/mol. The number of methoxy groups -OCH3 is 1. The van der Waals surface area contributed by atoms with Gasteiger partial charge >= 0.3 is 17.9 Å². The summed E-state index contributed by atoms with van der Waals surface area (Å²) in [5, 5.41) is 48.7. The molecule has 1 saturated carbocycles. The number of pyridine rings is 1. The Hall–Kier alpha value is -3.55. The van der Waals surface area contributed by atoms with Crippen molar-refractivity contribution in [3.63, 3.8) is 0 Å². The third-order valence-corrected chi connectivity index (χ3v) is 17.2. The summed E-state index contributed by atoms with van der Waals surface area (Å²) in [7, 11) is 7.04. The zero-order valence-corrected chi connectivity index (χ0v) is 51.3. The number of hydrogen-bond acceptors (Lipinski definition) is 20. The predicted molar refractivity (Wildman–Crippen MR) is 301 cm³/mol. The lowest BCUT2D eigenvalue weighted by Crippen LogP contribution is -2.61. The highest BCUT2D eigenvalue weighted by atomic mass is 35.5. The van der Waals surface area contributed by atoms with E-state index >= 15 is 0 Å². The number of benzene rings is 1. The van der Waals surface area contributed by atoms with Crippen LogP contribution in [0.4, 0.5) is 0 Å². The number of carbonyl (C=O) groups is 3. The van der Waals surface area contributed by atoms with E-state index in [9.17, 15) is 39.6 Å². The number of rotatable bonds is 18. The smallest absolute Gasteiger partial charge is 0.343 e. The molecule has 0 amide bonds. The van der Waals surface area contributed by atoms with Gasteiger partial charge < -0.3 is 82.2 Å². The Morgan fingerprint density at radius 1 is 0.938 bits per heavy atom. The molecule has 1 aromatic carbocycles. The zero-order valence-electron chi connectivity index (χ0n) is 50.5. The van der Waals surface area contributed by atoms with Crippen LogP contribution in [0.15, 0.2) is 23.1 Å². The van der Waals surface area contributed by atoms with Gasteiger partial charge in [-0.2, -0.15) is 0 Å². The number of fused-ring (bicyclic) bond motifs is 1. The van der Waals surface area contributed by atoms with Crippen LogP contribution in [0.1, 0.15) is 144 Å². The SMILES string of the molecule is CC[C@H]1OC(=O)[C@H](C)[C@@H](O[C@H]2C[C@@](C)(OC)[C@@H](OC(=O)CCOCCOc3cc4c(=O)c(C(=O)OC(C)C)cn(C5CC5)c4cc3Cl)[C@H](C)O2)[C@H](C)[C@@H](O[C@@H]2O[C@H](C)C[C@H](N(C)C)[C@H]2O)[C@](C)(O)C[C@@H](C)CN(C)[C@H](C)[C@@H](O)[C@]1(C)O. The second-order valence-corrected chi connectivity index (χ2v) is 25.0. The van der Waals surface area contributed by atoms with Gasteiger partial charge in [0.05, 0.1) is 77.6 Å². The minimum absolute atomic E-state index is 0.00779. The molecule has 3 saturated heterocycles. The van der Waals surface area contributed by atoms with E-state index in [-0.39, 0.29) is 91.3 Å². The van der Waals surface area contributed by atoms with Crippen LogP contribution in [0.5, 0.6) is 5.75 Å². The molecule has 4 aliphatic rings. The third kappa shape index (κ3) is 15.9. The van der Waals surface area contributed by atoms with Gasteiger partial charge in [0.2, 0.25) is 5.43 Å². The number of esters is 3. The Morgan fingerprint density at radius 2 is 1.62 bits per heavy atom. The third-order valence-electron chi connectivity index (χ3n) is 16.9. The fourth-order valence-electron chi connectivity index (χ4n) is 12.2. The van der Waals surface area contributed by atoms with Crippen molar-refractivity contribution in [1.82, 2.24) is 14.4 Å². The van der Waals surface area contributed by atoms with Gasteiger partial charge in [-0.05, 0) is 134 Å². The minimum Gasteiger partial charge on any atom is -0.490 e. The summed E-state index contributed by atoms with van der Waals surface area (Å²) in [6.45, 7) is 21.3. The first kappa shape index (κ1) is 66.6. The average Bonchev–Trinajstić information content (AvgIpc) is 4.25. The second-order valence-electron chi connectivity index (χ2n) is 24.6. The molecule has 4 heterocycles. The second kappa shape index (κ2) is 27.7. The molecule has 0 radical (unpaired) electrons. The molecular weight excluding hydrogens is 1070 g/mol. The van der Waals surface area contributed by atoms with E-state index in [0.29, 0.717) is 18.5 Å². The Morgan fingerprint density at radius 3 is 2.23 bits per heavy atom. The molecule has 18 atom stereocenters. The van der Waals surface area contributed by atoms with Crippen LogP contribution in [0.3, 0.4) is 0 Å². The van der Waals surface area contributed by atoms with Crippen molar-refractivity contribution in [2.75, 3.05) is 54.6 Å². The van der Waals surface area contributed by atoms with Crippen molar-refractivity contribution < 1.29 is 82.2 Å². The van der Waals surface area contributed by atoms with Crippen molar-refractivity contribution in [3.05, 3.63) is 39.1 Å². The van der Waals surface area contributed by atoms with Gasteiger partial charge in [-0.25, -0.2) is 4.79 Å². The largest absolute Gasteiger partial charge is 0.490 e. The topological polar surface area (TPSA) is 253 Å². The molecule has 4 N–H and O–H groups in total. The van der Waals surface area contributed by atoms with Crippen LogP contribution in [0.25, 0.3) is 10.9 Å². The summed E-state index contributed by atoms with van der Waals surface area (Å²) in [6, 6.07) is 2.38. The molecule has 81 heavy (non-hydrogen) atoms. The quantitative estimate of drug-likeness (QED) is 0.0781. The van der Waals surface area contributed by atoms with Gasteiger partial charge in [0.15, 0.2) is 18.7 Å². The number of nitrogens with zero attached hydrogens (tertiary/aromatic N) is 3. The standard InChI is InChI=1S/C59H94ClN3O18/c1-17-45-59(12,71)51(67)36(8)62(15)29-32(4)27-57(10,70)52(81-56-49(66)43(61(13)14)24-33(5)76-56)34(6)50(35(7)54(68)78-45)80-47-28-58(11,72-16)53(37(9)77-47)79-46(64)20-21-73-22-23-74-44-25-39-42(26-41(44)60)63(38-18-19-38)30-40(48(39)65)55(69)75-31(2)3/h25-26,30-38,43,45,47,49-53,56,66-67,70-71H,17-24,27-29H2,1-16H3/t32-,33-,34+,35-,36-,37+,43+,45-,47+,49-,50+,51-,52-,53+,56+,57-,58-,59-/m1/s1. The molecule has 3 aliphatic heterocycles. The molecule has 0 unspecified atom stereocenters. The maximum atomic E-state index is 14.6. The van der Waals surface area contributed by atoms with E-state index < -0.39 is 119 Å². The lowest BCUT2D eigenvalue weighted by molar-refractivity contribution is -0.318. The van der Waals surface area contributed by atoms with Crippen LogP contribution in [0, 0.1) is 17.8 Å². The molecule has 460 valence electrons. The van der Waals surface area contributed by atoms with Crippen LogP contribution in [0.2, 0.25) is 5.02 Å². The van der Waals surface area contributed by atoms with Gasteiger partial charge in [-0.15, -0.1) is 0 Å². The highest BCUT2D eigenvalue weighted by Crippen LogP contribution is 2.42. The predicted octanol–water partition coefficient (Wildman–Crippen LogP) is 5.81. The summed E-state index contributed by atoms with van der Waals surface area (Å²) >= 11 is 6.65. The van der Waals surface area contributed by atoms with Gasteiger partial charge in [-0.1, -0.05) is 32.4 Å². The van der Waals surface area contributed by atoms with E-state index in [0.717, 1.165) is 12.8 Å². The summed E-state index contributed by atoms with van der Waals surface area (Å²) in [4.78, 5) is 58.4. The molecule has 21 nitrogen and oxygen atoms in total. The van der Waals surface area contributed by atoms with Gasteiger partial charge in [0, 0.05) is 50.3 Å². The van der Waals surface area contributed by atoms with Crippen LogP contribution in [-0.2, 0) is 52.2 Å². The number of aromatic nitrogens is 1. The summed E-state index contributed by atoms with van der Waals surface area (Å²) in [6.07, 6.45) is -6.55. The van der Waals surface area contributed by atoms with Gasteiger partial charge in [0.1, 0.15) is 47.4 Å². The molecular formula is C59H94ClN3O18. The number of carbonyl (C=O) groups excluding carboxylic acids is 3. The zero-order chi connectivity index (χ0) is 60.2. The van der Waals surface area contributed by atoms with Crippen LogP contribution < -0.4 is 10.2 Å². The Balaban J connectivity index is 1.17. The normalized spacial score (nSPS) is 36.9. The van der Waals surface area contributed by atoms with E-state index in [4.69, 9.17) is 59.0 Å². The first-order chi connectivity index (χ1) is 37.8. The van der Waals surface area contributed by atoms with Gasteiger partial charge in [-0.3, -0.25) is 14.4 Å². The Labute approximate surface area is 483 Å². The van der Waals surface area contributed by atoms with E-state index in [1.807, 2.05) is 49.4 Å². The maximum Gasteiger partial charge on any atom is 0.343 e. The summed E-state index contributed by atoms with van der Waals surface area (Å²) in [5.41, 5.74) is -4.70. The van der Waals surface area contributed by atoms with Gasteiger partial charge in [0.25, 0.3) is 0 Å². The number of hydrogen-bond donors (Lipinski definition) is 4. The van der Waals surface area contributed by atoms with Crippen LogP contribution >= 0.6 is 11.6 Å². The monoisotopic (exact) mass is 1170 g/mol. The molecule has 1 aromatic heterocycles. The number of halogens is 1. The lowest BCUT2D eigenvalue weighted by Gasteiger charge is -2.49. The number of aliphatic hydroxyl groups excluding tert-OH is 2. The molecule has 4 fully saturated rings. The molecule has 22 heteroatoms. The lowest BCUT2D eigenvalue weighted by atomic mass is 9.77. The fourth-order valence-corrected chi connectivity index (χ4v) is 12.4. The fraction of sp³-hybridized carbons (Fsp3) is 0.797. The Bertz CT molecular complexity index is 2510. The highest BCUT2D eigenvalue weighted by Gasteiger charge is 2.54. The van der Waals surface area contributed by atoms with Crippen molar-refractivity contribution in [3.8, 4) is 5.75 Å². The number of likely N-dealkylation sites (N-methyl/N-ethyl adjacent to an activating group) is 2. The number of ether oxygens (including phenoxy) is 10. The van der Waals surface area contributed by atoms with Crippen molar-refractivity contribution in [2.45, 2.75) is 230 Å². The van der Waals surface area contributed by atoms with Crippen LogP contribution in [-0.4, -0.2) is 204 Å². The molecule has 2 aromatic rings.